The summed E-state index contributed by atoms with van der Waals surface area (Å²) in [5, 5.41) is 31.7. The van der Waals surface area contributed by atoms with Gasteiger partial charge in [-0.2, -0.15) is 18.4 Å². The molecule has 0 aliphatic carbocycles. The predicted octanol–water partition coefficient (Wildman–Crippen LogP) is 5.97. The van der Waals surface area contributed by atoms with Crippen LogP contribution in [0, 0.1) is 11.3 Å². The fourth-order valence-electron chi connectivity index (χ4n) is 5.52. The van der Waals surface area contributed by atoms with Crippen molar-refractivity contribution in [1.82, 2.24) is 9.47 Å². The number of ether oxygens (including phenoxy) is 1. The zero-order valence-corrected chi connectivity index (χ0v) is 24.0. The molecule has 0 radical (unpaired) electrons. The third kappa shape index (κ3) is 4.61. The minimum absolute atomic E-state index is 0.0920. The molecule has 4 rings (SSSR count). The lowest BCUT2D eigenvalue weighted by atomic mass is 9.94. The summed E-state index contributed by atoms with van der Waals surface area (Å²) in [6.45, 7) is 16.9. The summed E-state index contributed by atoms with van der Waals surface area (Å²) in [4.78, 5) is 2.21. The van der Waals surface area contributed by atoms with Crippen molar-refractivity contribution in [2.45, 2.75) is 76.6 Å². The maximum absolute atomic E-state index is 13.6. The van der Waals surface area contributed by atoms with Crippen LogP contribution in [0.25, 0.3) is 5.69 Å². The van der Waals surface area contributed by atoms with Crippen molar-refractivity contribution >= 4 is 8.32 Å². The summed E-state index contributed by atoms with van der Waals surface area (Å²) in [6.07, 6.45) is -3.96. The maximum Gasteiger partial charge on any atom is 0.417 e. The first-order valence-corrected chi connectivity index (χ1v) is 15.6. The van der Waals surface area contributed by atoms with Gasteiger partial charge in [0.15, 0.2) is 8.32 Å². The van der Waals surface area contributed by atoms with Crippen molar-refractivity contribution < 1.29 is 32.5 Å². The van der Waals surface area contributed by atoms with Crippen LogP contribution in [0.4, 0.5) is 13.2 Å². The second kappa shape index (κ2) is 9.01. The first-order valence-electron chi connectivity index (χ1n) is 12.7. The van der Waals surface area contributed by atoms with Crippen LogP contribution in [0.15, 0.2) is 18.2 Å². The van der Waals surface area contributed by atoms with E-state index in [-0.39, 0.29) is 22.5 Å². The lowest BCUT2D eigenvalue weighted by molar-refractivity contribution is -0.186. The van der Waals surface area contributed by atoms with Crippen LogP contribution in [0.3, 0.4) is 0 Å². The van der Waals surface area contributed by atoms with Crippen molar-refractivity contribution in [3.05, 3.63) is 40.5 Å². The number of halogens is 3. The van der Waals surface area contributed by atoms with Gasteiger partial charge in [0.25, 0.3) is 0 Å². The van der Waals surface area contributed by atoms with Gasteiger partial charge in [-0.15, -0.1) is 0 Å². The van der Waals surface area contributed by atoms with Crippen LogP contribution in [0.5, 0.6) is 11.8 Å². The number of nitrogens with zero attached hydrogens (tertiary/aromatic N) is 3. The summed E-state index contributed by atoms with van der Waals surface area (Å²) >= 11 is 0. The number of fused-ring (bicyclic) bond motifs is 5. The molecule has 0 spiro atoms. The standard InChI is InChI=1S/C27H36F3N3O4Si/c1-24(2,3)38(6,7)36-12-8-11-32-15-25(4)20-21(26(5,16-32)37-25)23(35)33(22(20)34)18-10-9-17(14-31)19(13-18)27(28,29)30/h9-10,13,34-35H,8,11-12,15-16H2,1-7H3/t25-,26+. The molecule has 0 amide bonds. The van der Waals surface area contributed by atoms with E-state index in [4.69, 9.17) is 14.4 Å². The topological polar surface area (TPSA) is 90.9 Å². The third-order valence-electron chi connectivity index (χ3n) is 8.25. The van der Waals surface area contributed by atoms with E-state index in [1.165, 1.54) is 6.07 Å². The van der Waals surface area contributed by atoms with Crippen LogP contribution in [0.2, 0.25) is 18.1 Å². The van der Waals surface area contributed by atoms with E-state index in [0.29, 0.717) is 30.8 Å². The Balaban J connectivity index is 1.61. The maximum atomic E-state index is 13.6. The number of aromatic hydroxyl groups is 2. The van der Waals surface area contributed by atoms with E-state index in [9.17, 15) is 23.4 Å². The molecule has 1 aromatic heterocycles. The number of alkyl halides is 3. The molecule has 11 heteroatoms. The van der Waals surface area contributed by atoms with Crippen LogP contribution in [-0.4, -0.2) is 54.2 Å². The molecule has 1 saturated heterocycles. The smallest absolute Gasteiger partial charge is 0.417 e. The Labute approximate surface area is 222 Å². The molecule has 1 fully saturated rings. The third-order valence-corrected chi connectivity index (χ3v) is 12.8. The molecule has 2 N–H and O–H groups in total. The lowest BCUT2D eigenvalue weighted by Gasteiger charge is -2.44. The highest BCUT2D eigenvalue weighted by atomic mass is 28.4. The summed E-state index contributed by atoms with van der Waals surface area (Å²) in [7, 11) is -1.85. The zero-order valence-electron chi connectivity index (χ0n) is 23.0. The first-order chi connectivity index (χ1) is 17.3. The van der Waals surface area contributed by atoms with Gasteiger partial charge in [0.05, 0.1) is 34.0 Å². The Bertz CT molecular complexity index is 1250. The summed E-state index contributed by atoms with van der Waals surface area (Å²) < 4.78 is 54.4. The van der Waals surface area contributed by atoms with Crippen molar-refractivity contribution in [2.75, 3.05) is 26.2 Å². The van der Waals surface area contributed by atoms with Crippen LogP contribution in [0.1, 0.15) is 63.3 Å². The molecule has 2 aliphatic rings. The number of aromatic nitrogens is 1. The molecule has 0 unspecified atom stereocenters. The number of benzene rings is 1. The van der Waals surface area contributed by atoms with Crippen molar-refractivity contribution in [1.29, 1.82) is 5.26 Å². The first kappa shape index (κ1) is 28.5. The number of rotatable bonds is 6. The average Bonchev–Trinajstić information content (AvgIpc) is 3.15. The molecular weight excluding hydrogens is 515 g/mol. The summed E-state index contributed by atoms with van der Waals surface area (Å²) in [5.74, 6) is -0.741. The average molecular weight is 552 g/mol. The summed E-state index contributed by atoms with van der Waals surface area (Å²) in [5.41, 5.74) is -2.97. The van der Waals surface area contributed by atoms with E-state index in [1.54, 1.807) is 6.07 Å². The number of hydrogen-bond acceptors (Lipinski definition) is 6. The normalized spacial score (nSPS) is 23.9. The Hall–Kier alpha value is -2.52. The molecule has 208 valence electrons. The molecule has 2 aliphatic heterocycles. The highest BCUT2D eigenvalue weighted by Crippen LogP contribution is 2.59. The van der Waals surface area contributed by atoms with E-state index in [2.05, 4.69) is 38.8 Å². The highest BCUT2D eigenvalue weighted by Gasteiger charge is 2.58. The van der Waals surface area contributed by atoms with E-state index in [1.807, 2.05) is 13.8 Å². The quantitative estimate of drug-likeness (QED) is 0.340. The van der Waals surface area contributed by atoms with Gasteiger partial charge in [-0.3, -0.25) is 9.47 Å². The fraction of sp³-hybridized carbons (Fsp3) is 0.593. The van der Waals surface area contributed by atoms with Gasteiger partial charge in [0, 0.05) is 26.2 Å². The van der Waals surface area contributed by atoms with Gasteiger partial charge < -0.3 is 19.4 Å². The second-order valence-corrected chi connectivity index (χ2v) is 17.1. The fourth-order valence-corrected chi connectivity index (χ4v) is 6.61. The van der Waals surface area contributed by atoms with E-state index < -0.39 is 36.8 Å². The molecule has 0 saturated carbocycles. The van der Waals surface area contributed by atoms with Crippen LogP contribution < -0.4 is 0 Å². The zero-order chi connectivity index (χ0) is 28.5. The molecule has 38 heavy (non-hydrogen) atoms. The van der Waals surface area contributed by atoms with Crippen molar-refractivity contribution in [3.8, 4) is 23.5 Å². The Morgan fingerprint density at radius 3 is 2.11 bits per heavy atom. The summed E-state index contributed by atoms with van der Waals surface area (Å²) in [6, 6.07) is 4.63. The van der Waals surface area contributed by atoms with Gasteiger partial charge in [-0.1, -0.05) is 20.8 Å². The predicted molar refractivity (Wildman–Crippen MR) is 139 cm³/mol. The van der Waals surface area contributed by atoms with E-state index in [0.717, 1.165) is 29.7 Å². The minimum Gasteiger partial charge on any atom is -0.494 e. The van der Waals surface area contributed by atoms with Crippen molar-refractivity contribution in [3.63, 3.8) is 0 Å². The largest absolute Gasteiger partial charge is 0.494 e. The molecule has 2 atom stereocenters. The van der Waals surface area contributed by atoms with Gasteiger partial charge >= 0.3 is 6.18 Å². The molecule has 7 nitrogen and oxygen atoms in total. The Morgan fingerprint density at radius 2 is 1.63 bits per heavy atom. The minimum atomic E-state index is -4.77. The Kier molecular flexibility index (Phi) is 6.76. The lowest BCUT2D eigenvalue weighted by Crippen LogP contribution is -2.52. The van der Waals surface area contributed by atoms with Gasteiger partial charge in [0.1, 0.15) is 11.2 Å². The molecule has 3 heterocycles. The van der Waals surface area contributed by atoms with Gasteiger partial charge in [-0.25, -0.2) is 0 Å². The number of morpholine rings is 1. The molecule has 2 bridgehead atoms. The molecule has 2 aromatic rings. The number of hydrogen-bond donors (Lipinski definition) is 2. The monoisotopic (exact) mass is 551 g/mol. The Morgan fingerprint density at radius 1 is 1.08 bits per heavy atom. The van der Waals surface area contributed by atoms with Crippen LogP contribution in [-0.2, 0) is 26.5 Å². The van der Waals surface area contributed by atoms with Crippen LogP contribution >= 0.6 is 0 Å². The van der Waals surface area contributed by atoms with Gasteiger partial charge in [0.2, 0.25) is 11.8 Å². The highest BCUT2D eigenvalue weighted by molar-refractivity contribution is 6.74. The molecule has 1 aromatic carbocycles. The SMILES string of the molecule is CC(C)(C)[Si](C)(C)OCCCN1C[C@@]2(C)O[C@@](C)(C1)c1c2c(O)n(-c2ccc(C#N)c(C(F)(F)F)c2)c1O. The van der Waals surface area contributed by atoms with E-state index >= 15 is 0 Å². The number of nitriles is 1. The van der Waals surface area contributed by atoms with Crippen molar-refractivity contribution in [2.24, 2.45) is 0 Å². The second-order valence-electron chi connectivity index (χ2n) is 12.3. The van der Waals surface area contributed by atoms with Gasteiger partial charge in [-0.05, 0) is 56.6 Å². The molecular formula is C27H36F3N3O4Si.